The molecule has 0 spiro atoms. The van der Waals surface area contributed by atoms with Crippen molar-refractivity contribution in [2.45, 2.75) is 44.9 Å². The molecule has 1 fully saturated rings. The molecule has 0 bridgehead atoms. The Bertz CT molecular complexity index is 215. The second-order valence-electron chi connectivity index (χ2n) is 4.79. The molecule has 0 aliphatic heterocycles. The molecule has 1 rings (SSSR count). The van der Waals surface area contributed by atoms with Gasteiger partial charge in [0.05, 0.1) is 5.41 Å². The number of nitrogens with one attached hydrogen (secondary N) is 1. The van der Waals surface area contributed by atoms with Crippen molar-refractivity contribution in [3.05, 3.63) is 0 Å². The lowest BCUT2D eigenvalue weighted by molar-refractivity contribution is -0.143. The number of nitrogens with two attached hydrogens (primary N) is 1. The zero-order valence-electron chi connectivity index (χ0n) is 10.0. The van der Waals surface area contributed by atoms with Gasteiger partial charge < -0.3 is 16.2 Å². The van der Waals surface area contributed by atoms with Crippen molar-refractivity contribution < 1.29 is 9.90 Å². The van der Waals surface area contributed by atoms with Crippen LogP contribution in [0.15, 0.2) is 0 Å². The summed E-state index contributed by atoms with van der Waals surface area (Å²) in [6.45, 7) is 2.77. The van der Waals surface area contributed by atoms with E-state index in [0.29, 0.717) is 0 Å². The third-order valence-electron chi connectivity index (χ3n) is 3.37. The third kappa shape index (κ3) is 4.49. The van der Waals surface area contributed by atoms with Crippen LogP contribution in [0.1, 0.15) is 44.9 Å². The second-order valence-corrected chi connectivity index (χ2v) is 4.79. The molecule has 1 aliphatic carbocycles. The van der Waals surface area contributed by atoms with E-state index in [1.165, 1.54) is 0 Å². The molecule has 0 atom stereocenters. The zero-order chi connectivity index (χ0) is 11.9. The topological polar surface area (TPSA) is 75.3 Å². The normalized spacial score (nSPS) is 17.3. The highest BCUT2D eigenvalue weighted by molar-refractivity contribution is 5.77. The fraction of sp³-hybridized carbons (Fsp3) is 0.917. The van der Waals surface area contributed by atoms with Crippen LogP contribution in [-0.2, 0) is 4.79 Å². The summed E-state index contributed by atoms with van der Waals surface area (Å²) in [7, 11) is 0. The van der Waals surface area contributed by atoms with Gasteiger partial charge in [0.1, 0.15) is 0 Å². The molecule has 4 N–H and O–H groups in total. The van der Waals surface area contributed by atoms with Gasteiger partial charge in [0, 0.05) is 0 Å². The van der Waals surface area contributed by atoms with E-state index in [1.807, 2.05) is 0 Å². The van der Waals surface area contributed by atoms with Gasteiger partial charge in [-0.05, 0) is 51.7 Å². The van der Waals surface area contributed by atoms with Crippen molar-refractivity contribution in [3.8, 4) is 0 Å². The van der Waals surface area contributed by atoms with Gasteiger partial charge in [0.15, 0.2) is 0 Å². The molecule has 0 aromatic heterocycles. The van der Waals surface area contributed by atoms with E-state index in [2.05, 4.69) is 5.32 Å². The summed E-state index contributed by atoms with van der Waals surface area (Å²) in [5, 5.41) is 12.3. The van der Waals surface area contributed by atoms with Crippen LogP contribution in [0, 0.1) is 5.41 Å². The van der Waals surface area contributed by atoms with Crippen LogP contribution in [0.3, 0.4) is 0 Å². The molecule has 0 aromatic carbocycles. The predicted octanol–water partition coefficient (Wildman–Crippen LogP) is 1.35. The highest BCUT2D eigenvalue weighted by Gasteiger charge is 2.49. The molecule has 94 valence electrons. The molecule has 0 saturated heterocycles. The summed E-state index contributed by atoms with van der Waals surface area (Å²) in [5.41, 5.74) is 5.05. The number of aliphatic carboxylic acids is 1. The number of carboxylic acids is 1. The fourth-order valence-corrected chi connectivity index (χ4v) is 1.96. The average molecular weight is 228 g/mol. The summed E-state index contributed by atoms with van der Waals surface area (Å²) >= 11 is 0. The van der Waals surface area contributed by atoms with Gasteiger partial charge in [0.25, 0.3) is 0 Å². The van der Waals surface area contributed by atoms with Crippen molar-refractivity contribution in [3.63, 3.8) is 0 Å². The quantitative estimate of drug-likeness (QED) is 0.493. The summed E-state index contributed by atoms with van der Waals surface area (Å²) in [6.07, 6.45) is 6.98. The minimum absolute atomic E-state index is 0.326. The molecular weight excluding hydrogens is 204 g/mol. The zero-order valence-corrected chi connectivity index (χ0v) is 10.0. The molecule has 4 heteroatoms. The van der Waals surface area contributed by atoms with E-state index >= 15 is 0 Å². The van der Waals surface area contributed by atoms with Crippen LogP contribution in [0.2, 0.25) is 0 Å². The van der Waals surface area contributed by atoms with E-state index in [9.17, 15) is 4.79 Å². The lowest BCUT2D eigenvalue weighted by Gasteiger charge is -2.09. The van der Waals surface area contributed by atoms with Crippen LogP contribution in [0.4, 0.5) is 0 Å². The van der Waals surface area contributed by atoms with Crippen LogP contribution in [0.5, 0.6) is 0 Å². The SMILES string of the molecule is NCCCNCCCCCC1(C(=O)O)CC1. The van der Waals surface area contributed by atoms with Crippen LogP contribution in [0.25, 0.3) is 0 Å². The lowest BCUT2D eigenvalue weighted by atomic mass is 9.99. The van der Waals surface area contributed by atoms with E-state index in [1.54, 1.807) is 0 Å². The van der Waals surface area contributed by atoms with Crippen LogP contribution < -0.4 is 11.1 Å². The molecule has 0 amide bonds. The van der Waals surface area contributed by atoms with Crippen molar-refractivity contribution in [1.29, 1.82) is 0 Å². The minimum atomic E-state index is -0.589. The number of carboxylic acid groups (broad SMARTS) is 1. The highest BCUT2D eigenvalue weighted by Crippen LogP contribution is 2.50. The van der Waals surface area contributed by atoms with E-state index in [0.717, 1.165) is 64.6 Å². The first kappa shape index (κ1) is 13.5. The molecule has 1 aliphatic rings. The molecule has 0 aromatic rings. The van der Waals surface area contributed by atoms with Crippen molar-refractivity contribution in [2.24, 2.45) is 11.1 Å². The highest BCUT2D eigenvalue weighted by atomic mass is 16.4. The number of rotatable bonds is 10. The largest absolute Gasteiger partial charge is 0.481 e. The Balaban J connectivity index is 1.87. The van der Waals surface area contributed by atoms with Gasteiger partial charge in [-0.3, -0.25) is 4.79 Å². The van der Waals surface area contributed by atoms with E-state index in [-0.39, 0.29) is 5.41 Å². The van der Waals surface area contributed by atoms with Crippen molar-refractivity contribution in [2.75, 3.05) is 19.6 Å². The van der Waals surface area contributed by atoms with E-state index < -0.39 is 5.97 Å². The Morgan fingerprint density at radius 1 is 1.19 bits per heavy atom. The lowest BCUT2D eigenvalue weighted by Crippen LogP contribution is -2.19. The Labute approximate surface area is 97.6 Å². The molecule has 0 radical (unpaired) electrons. The van der Waals surface area contributed by atoms with Gasteiger partial charge in [0.2, 0.25) is 0 Å². The molecule has 1 saturated carbocycles. The smallest absolute Gasteiger partial charge is 0.309 e. The Morgan fingerprint density at radius 2 is 1.88 bits per heavy atom. The van der Waals surface area contributed by atoms with Gasteiger partial charge in [-0.1, -0.05) is 12.8 Å². The standard InChI is InChI=1S/C12H24N2O2/c13-8-4-10-14-9-3-1-2-5-12(6-7-12)11(15)16/h14H,1-10,13H2,(H,15,16). The first-order valence-electron chi connectivity index (χ1n) is 6.35. The number of hydrogen-bond donors (Lipinski definition) is 3. The maximum atomic E-state index is 10.9. The summed E-state index contributed by atoms with van der Waals surface area (Å²) < 4.78 is 0. The first-order chi connectivity index (χ1) is 7.71. The molecule has 4 nitrogen and oxygen atoms in total. The van der Waals surface area contributed by atoms with Gasteiger partial charge in [-0.2, -0.15) is 0 Å². The Hall–Kier alpha value is -0.610. The minimum Gasteiger partial charge on any atom is -0.481 e. The maximum Gasteiger partial charge on any atom is 0.309 e. The number of hydrogen-bond acceptors (Lipinski definition) is 3. The Kier molecular flexibility index (Phi) is 5.77. The third-order valence-corrected chi connectivity index (χ3v) is 3.37. The van der Waals surface area contributed by atoms with Gasteiger partial charge in [-0.25, -0.2) is 0 Å². The van der Waals surface area contributed by atoms with E-state index in [4.69, 9.17) is 10.8 Å². The predicted molar refractivity (Wildman–Crippen MR) is 64.3 cm³/mol. The molecule has 0 heterocycles. The summed E-state index contributed by atoms with van der Waals surface area (Å²) in [4.78, 5) is 10.9. The summed E-state index contributed by atoms with van der Waals surface area (Å²) in [6, 6.07) is 0. The number of unbranched alkanes of at least 4 members (excludes halogenated alkanes) is 2. The molecule has 0 unspecified atom stereocenters. The van der Waals surface area contributed by atoms with Crippen molar-refractivity contribution in [1.82, 2.24) is 5.32 Å². The second kappa shape index (κ2) is 6.86. The summed E-state index contributed by atoms with van der Waals surface area (Å²) in [5.74, 6) is -0.589. The maximum absolute atomic E-state index is 10.9. The molecular formula is C12H24N2O2. The van der Waals surface area contributed by atoms with Crippen molar-refractivity contribution >= 4 is 5.97 Å². The average Bonchev–Trinajstić information content (AvgIpc) is 3.03. The molecule has 16 heavy (non-hydrogen) atoms. The number of carbonyl (C=O) groups is 1. The fourth-order valence-electron chi connectivity index (χ4n) is 1.96. The van der Waals surface area contributed by atoms with Crippen LogP contribution in [-0.4, -0.2) is 30.7 Å². The van der Waals surface area contributed by atoms with Gasteiger partial charge >= 0.3 is 5.97 Å². The first-order valence-corrected chi connectivity index (χ1v) is 6.35. The Morgan fingerprint density at radius 3 is 2.44 bits per heavy atom. The van der Waals surface area contributed by atoms with Crippen LogP contribution >= 0.6 is 0 Å². The monoisotopic (exact) mass is 228 g/mol. The van der Waals surface area contributed by atoms with Gasteiger partial charge in [-0.15, -0.1) is 0 Å².